The van der Waals surface area contributed by atoms with E-state index in [1.807, 2.05) is 13.8 Å². The van der Waals surface area contributed by atoms with E-state index in [0.717, 1.165) is 44.9 Å². The van der Waals surface area contributed by atoms with Gasteiger partial charge in [-0.15, -0.1) is 0 Å². The maximum absolute atomic E-state index is 12.0. The number of aliphatic carboxylic acids is 1. The van der Waals surface area contributed by atoms with Crippen molar-refractivity contribution in [3.63, 3.8) is 0 Å². The summed E-state index contributed by atoms with van der Waals surface area (Å²) >= 11 is 0. The zero-order valence-electron chi connectivity index (χ0n) is 15.7. The van der Waals surface area contributed by atoms with Gasteiger partial charge in [0, 0.05) is 5.41 Å². The van der Waals surface area contributed by atoms with Crippen molar-refractivity contribution in [1.29, 1.82) is 0 Å². The van der Waals surface area contributed by atoms with Gasteiger partial charge in [-0.25, -0.2) is 4.79 Å². The van der Waals surface area contributed by atoms with Crippen LogP contribution in [0.15, 0.2) is 11.6 Å². The summed E-state index contributed by atoms with van der Waals surface area (Å²) in [6.07, 6.45) is 8.41. The number of fused-ring (bicyclic) bond motifs is 5. The van der Waals surface area contributed by atoms with E-state index in [4.69, 9.17) is 0 Å². The third-order valence-electron chi connectivity index (χ3n) is 8.98. The minimum Gasteiger partial charge on any atom is -0.479 e. The van der Waals surface area contributed by atoms with Gasteiger partial charge >= 0.3 is 5.97 Å². The maximum Gasteiger partial charge on any atom is 0.336 e. The van der Waals surface area contributed by atoms with E-state index in [1.54, 1.807) is 0 Å². The predicted octanol–water partition coefficient (Wildman–Crippen LogP) is 3.37. The van der Waals surface area contributed by atoms with Crippen LogP contribution in [0.3, 0.4) is 0 Å². The van der Waals surface area contributed by atoms with Crippen molar-refractivity contribution in [2.75, 3.05) is 0 Å². The van der Waals surface area contributed by atoms with E-state index >= 15 is 0 Å². The second kappa shape index (κ2) is 5.32. The SMILES string of the molecule is CC1C[C@H]2[C@@H]3CC=C4CC(O)CC[C@]4(C)[C@@H]3CC[C@]2(C)C1(O)C(=O)O. The lowest BCUT2D eigenvalue weighted by Crippen LogP contribution is -2.58. The van der Waals surface area contributed by atoms with Crippen molar-refractivity contribution < 1.29 is 20.1 Å². The molecule has 0 aromatic rings. The Morgan fingerprint density at radius 1 is 1.20 bits per heavy atom. The highest BCUT2D eigenvalue weighted by Gasteiger charge is 2.69. The minimum absolute atomic E-state index is 0.149. The number of hydrogen-bond donors (Lipinski definition) is 3. The fourth-order valence-corrected chi connectivity index (χ4v) is 7.44. The highest BCUT2D eigenvalue weighted by Crippen LogP contribution is 2.68. The molecule has 4 nitrogen and oxygen atoms in total. The standard InChI is InChI=1S/C21H32O4/c1-12-10-17-15-5-4-13-11-14(22)6-8-19(13,2)16(15)7-9-20(17,3)21(12,25)18(23)24/h4,12,14-17,22,25H,5-11H2,1-3H3,(H,23,24)/t12?,14?,15-,16-,17+,19+,20+,21?/m1/s1. The molecule has 0 amide bonds. The molecular formula is C21H32O4. The largest absolute Gasteiger partial charge is 0.479 e. The molecule has 0 aromatic heterocycles. The van der Waals surface area contributed by atoms with Crippen molar-refractivity contribution in [3.8, 4) is 0 Å². The second-order valence-corrected chi connectivity index (χ2v) is 9.82. The minimum atomic E-state index is -1.60. The fourth-order valence-electron chi connectivity index (χ4n) is 7.44. The molecule has 140 valence electrons. The molecule has 4 heteroatoms. The summed E-state index contributed by atoms with van der Waals surface area (Å²) in [4.78, 5) is 12.0. The Morgan fingerprint density at radius 2 is 1.92 bits per heavy atom. The predicted molar refractivity (Wildman–Crippen MR) is 94.8 cm³/mol. The second-order valence-electron chi connectivity index (χ2n) is 9.82. The zero-order valence-corrected chi connectivity index (χ0v) is 15.7. The summed E-state index contributed by atoms with van der Waals surface area (Å²) < 4.78 is 0. The highest BCUT2D eigenvalue weighted by atomic mass is 16.4. The first kappa shape index (κ1) is 17.5. The molecule has 0 aliphatic heterocycles. The van der Waals surface area contributed by atoms with E-state index in [-0.39, 0.29) is 23.4 Å². The Bertz CT molecular complexity index is 627. The number of aliphatic hydroxyl groups excluding tert-OH is 1. The van der Waals surface area contributed by atoms with Crippen LogP contribution in [0.1, 0.15) is 65.7 Å². The van der Waals surface area contributed by atoms with E-state index < -0.39 is 17.0 Å². The summed E-state index contributed by atoms with van der Waals surface area (Å²) in [5.41, 5.74) is -0.557. The van der Waals surface area contributed by atoms with Crippen molar-refractivity contribution in [2.24, 2.45) is 34.5 Å². The fraction of sp³-hybridized carbons (Fsp3) is 0.857. The van der Waals surface area contributed by atoms with Gasteiger partial charge in [0.1, 0.15) is 0 Å². The van der Waals surface area contributed by atoms with Gasteiger partial charge in [0.05, 0.1) is 6.10 Å². The van der Waals surface area contributed by atoms with E-state index in [1.165, 1.54) is 5.57 Å². The van der Waals surface area contributed by atoms with Crippen LogP contribution in [0.4, 0.5) is 0 Å². The van der Waals surface area contributed by atoms with Crippen molar-refractivity contribution in [3.05, 3.63) is 11.6 Å². The number of allylic oxidation sites excluding steroid dienone is 1. The van der Waals surface area contributed by atoms with Crippen molar-refractivity contribution in [1.82, 2.24) is 0 Å². The Balaban J connectivity index is 1.72. The van der Waals surface area contributed by atoms with Gasteiger partial charge in [-0.1, -0.05) is 32.4 Å². The molecule has 4 aliphatic rings. The highest BCUT2D eigenvalue weighted by molar-refractivity contribution is 5.79. The number of rotatable bonds is 1. The van der Waals surface area contributed by atoms with Crippen molar-refractivity contribution in [2.45, 2.75) is 77.4 Å². The third kappa shape index (κ3) is 2.04. The van der Waals surface area contributed by atoms with Crippen LogP contribution in [-0.4, -0.2) is 33.0 Å². The normalized spacial score (nSPS) is 54.9. The molecule has 8 atom stereocenters. The van der Waals surface area contributed by atoms with Gasteiger partial charge in [-0.2, -0.15) is 0 Å². The van der Waals surface area contributed by atoms with Crippen molar-refractivity contribution >= 4 is 5.97 Å². The van der Waals surface area contributed by atoms with Gasteiger partial charge in [0.25, 0.3) is 0 Å². The lowest BCUT2D eigenvalue weighted by atomic mass is 9.47. The van der Waals surface area contributed by atoms with Crippen LogP contribution in [0.2, 0.25) is 0 Å². The molecule has 4 aliphatic carbocycles. The number of aliphatic hydroxyl groups is 2. The topological polar surface area (TPSA) is 77.8 Å². The van der Waals surface area contributed by atoms with Crippen LogP contribution >= 0.6 is 0 Å². The lowest BCUT2D eigenvalue weighted by Gasteiger charge is -2.58. The van der Waals surface area contributed by atoms with E-state index in [2.05, 4.69) is 13.0 Å². The molecule has 3 unspecified atom stereocenters. The van der Waals surface area contributed by atoms with Gasteiger partial charge < -0.3 is 15.3 Å². The molecule has 0 radical (unpaired) electrons. The first-order valence-corrected chi connectivity index (χ1v) is 9.98. The molecule has 0 saturated heterocycles. The number of carbonyl (C=O) groups is 1. The molecule has 0 bridgehead atoms. The summed E-state index contributed by atoms with van der Waals surface area (Å²) in [7, 11) is 0. The van der Waals surface area contributed by atoms with Gasteiger partial charge in [-0.05, 0) is 74.0 Å². The average molecular weight is 348 g/mol. The van der Waals surface area contributed by atoms with Gasteiger partial charge in [0.2, 0.25) is 0 Å². The summed E-state index contributed by atoms with van der Waals surface area (Å²) in [6, 6.07) is 0. The molecular weight excluding hydrogens is 316 g/mol. The quantitative estimate of drug-likeness (QED) is 0.635. The smallest absolute Gasteiger partial charge is 0.336 e. The maximum atomic E-state index is 12.0. The van der Waals surface area contributed by atoms with Crippen LogP contribution in [-0.2, 0) is 4.79 Å². The molecule has 3 fully saturated rings. The van der Waals surface area contributed by atoms with Crippen LogP contribution in [0.25, 0.3) is 0 Å². The van der Waals surface area contributed by atoms with E-state index in [9.17, 15) is 20.1 Å². The number of carboxylic acids is 1. The van der Waals surface area contributed by atoms with Crippen LogP contribution in [0.5, 0.6) is 0 Å². The first-order chi connectivity index (χ1) is 11.6. The summed E-state index contributed by atoms with van der Waals surface area (Å²) in [6.45, 7) is 6.30. The molecule has 0 spiro atoms. The summed E-state index contributed by atoms with van der Waals surface area (Å²) in [5, 5.41) is 31.1. The Kier molecular flexibility index (Phi) is 3.73. The number of carboxylic acid groups (broad SMARTS) is 1. The molecule has 0 heterocycles. The Hall–Kier alpha value is -0.870. The molecule has 0 aromatic carbocycles. The number of hydrogen-bond acceptors (Lipinski definition) is 3. The third-order valence-corrected chi connectivity index (χ3v) is 8.98. The molecule has 25 heavy (non-hydrogen) atoms. The molecule has 3 saturated carbocycles. The van der Waals surface area contributed by atoms with Gasteiger partial charge in [0.15, 0.2) is 5.60 Å². The van der Waals surface area contributed by atoms with Gasteiger partial charge in [-0.3, -0.25) is 0 Å². The lowest BCUT2D eigenvalue weighted by molar-refractivity contribution is -0.186. The molecule has 4 rings (SSSR count). The Labute approximate surface area is 150 Å². The summed E-state index contributed by atoms with van der Waals surface area (Å²) in [5.74, 6) is 0.0383. The zero-order chi connectivity index (χ0) is 18.2. The van der Waals surface area contributed by atoms with Crippen LogP contribution < -0.4 is 0 Å². The van der Waals surface area contributed by atoms with E-state index in [0.29, 0.717) is 11.8 Å². The Morgan fingerprint density at radius 3 is 2.60 bits per heavy atom. The molecule has 3 N–H and O–H groups in total. The average Bonchev–Trinajstić information content (AvgIpc) is 2.77. The van der Waals surface area contributed by atoms with Crippen LogP contribution in [0, 0.1) is 34.5 Å². The monoisotopic (exact) mass is 348 g/mol. The first-order valence-electron chi connectivity index (χ1n) is 9.98.